The van der Waals surface area contributed by atoms with Crippen molar-refractivity contribution in [3.8, 4) is 5.88 Å². The molecular formula is C20H18ClF3N4O4. The maximum Gasteiger partial charge on any atom is 0.422 e. The Morgan fingerprint density at radius 2 is 2.16 bits per heavy atom. The molecule has 1 saturated heterocycles. The van der Waals surface area contributed by atoms with Crippen molar-refractivity contribution in [1.29, 1.82) is 0 Å². The number of carbonyl (C=O) groups is 2. The van der Waals surface area contributed by atoms with Gasteiger partial charge >= 0.3 is 6.18 Å². The number of hydrogen-bond donors (Lipinski definition) is 1. The number of aromatic nitrogens is 2. The molecule has 2 aliphatic rings. The summed E-state index contributed by atoms with van der Waals surface area (Å²) in [6, 6.07) is 2.35. The highest BCUT2D eigenvalue weighted by Gasteiger charge is 2.36. The van der Waals surface area contributed by atoms with Crippen LogP contribution in [0.25, 0.3) is 0 Å². The lowest BCUT2D eigenvalue weighted by atomic mass is 10.1. The predicted octanol–water partition coefficient (Wildman–Crippen LogP) is 2.92. The van der Waals surface area contributed by atoms with Gasteiger partial charge < -0.3 is 19.7 Å². The number of nitrogens with zero attached hydrogens (tertiary/aromatic N) is 3. The highest BCUT2D eigenvalue weighted by Crippen LogP contribution is 2.34. The topological polar surface area (TPSA) is 93.7 Å². The van der Waals surface area contributed by atoms with E-state index in [0.29, 0.717) is 29.9 Å². The minimum Gasteiger partial charge on any atom is -0.467 e. The number of hydrogen-bond acceptors (Lipinski definition) is 6. The summed E-state index contributed by atoms with van der Waals surface area (Å²) in [4.78, 5) is 35.1. The number of fused-ring (bicyclic) bond motifs is 1. The van der Waals surface area contributed by atoms with Crippen LogP contribution in [0.2, 0.25) is 5.02 Å². The molecule has 1 atom stereocenters. The molecule has 4 heterocycles. The van der Waals surface area contributed by atoms with Crippen LogP contribution in [-0.2, 0) is 11.3 Å². The van der Waals surface area contributed by atoms with Gasteiger partial charge in [-0.15, -0.1) is 0 Å². The van der Waals surface area contributed by atoms with Crippen LogP contribution in [-0.4, -0.2) is 58.7 Å². The van der Waals surface area contributed by atoms with Crippen molar-refractivity contribution in [2.24, 2.45) is 0 Å². The second-order valence-electron chi connectivity index (χ2n) is 7.46. The third-order valence-corrected chi connectivity index (χ3v) is 5.49. The van der Waals surface area contributed by atoms with E-state index < -0.39 is 18.8 Å². The molecule has 12 heteroatoms. The summed E-state index contributed by atoms with van der Waals surface area (Å²) in [5.41, 5.74) is 1.54. The summed E-state index contributed by atoms with van der Waals surface area (Å²) in [6.07, 6.45) is -1.81. The van der Waals surface area contributed by atoms with Crippen LogP contribution in [0.4, 0.5) is 13.2 Å². The number of carbonyl (C=O) groups excluding carboxylic acids is 2. The molecule has 2 aromatic heterocycles. The number of alkyl halides is 3. The average molecular weight is 471 g/mol. The third kappa shape index (κ3) is 4.49. The standard InChI is InChI=1S/C20H18ClF3N4O4/c1-10(11-4-15(21)18(26-5-11)32-9-20(22,23)24)28-6-14-13(19(28)30)2-3-25-16(14)17(29)27-12-7-31-8-12/h2-5,10,12H,6-9H2,1H3,(H,27,29). The van der Waals surface area contributed by atoms with E-state index >= 15 is 0 Å². The van der Waals surface area contributed by atoms with E-state index in [9.17, 15) is 22.8 Å². The zero-order chi connectivity index (χ0) is 23.0. The molecule has 1 N–H and O–H groups in total. The summed E-state index contributed by atoms with van der Waals surface area (Å²) >= 11 is 6.04. The van der Waals surface area contributed by atoms with Crippen molar-refractivity contribution in [1.82, 2.24) is 20.2 Å². The van der Waals surface area contributed by atoms with Crippen LogP contribution in [0.15, 0.2) is 24.5 Å². The van der Waals surface area contributed by atoms with Gasteiger partial charge in [0.25, 0.3) is 11.8 Å². The lowest BCUT2D eigenvalue weighted by Gasteiger charge is -2.27. The van der Waals surface area contributed by atoms with Crippen LogP contribution >= 0.6 is 11.6 Å². The van der Waals surface area contributed by atoms with E-state index in [-0.39, 0.29) is 41.0 Å². The number of ether oxygens (including phenoxy) is 2. The summed E-state index contributed by atoms with van der Waals surface area (Å²) in [6.45, 7) is 1.21. The van der Waals surface area contributed by atoms with Gasteiger partial charge in [-0.25, -0.2) is 4.98 Å². The van der Waals surface area contributed by atoms with Crippen LogP contribution in [0.5, 0.6) is 5.88 Å². The Kier molecular flexibility index (Phi) is 5.95. The number of pyridine rings is 2. The highest BCUT2D eigenvalue weighted by molar-refractivity contribution is 6.31. The average Bonchev–Trinajstić information content (AvgIpc) is 3.05. The largest absolute Gasteiger partial charge is 0.467 e. The van der Waals surface area contributed by atoms with Gasteiger partial charge in [0.05, 0.1) is 25.3 Å². The first-order valence-electron chi connectivity index (χ1n) is 9.66. The summed E-state index contributed by atoms with van der Waals surface area (Å²) in [7, 11) is 0. The molecule has 2 aliphatic heterocycles. The Labute approximate surface area is 185 Å². The van der Waals surface area contributed by atoms with Crippen molar-refractivity contribution in [3.05, 3.63) is 51.9 Å². The first kappa shape index (κ1) is 22.3. The van der Waals surface area contributed by atoms with E-state index in [4.69, 9.17) is 16.3 Å². The minimum atomic E-state index is -4.52. The Bertz CT molecular complexity index is 1060. The monoisotopic (exact) mass is 470 g/mol. The molecule has 0 saturated carbocycles. The summed E-state index contributed by atoms with van der Waals surface area (Å²) in [5, 5.41) is 2.71. The predicted molar refractivity (Wildman–Crippen MR) is 105 cm³/mol. The van der Waals surface area contributed by atoms with Gasteiger partial charge in [0, 0.05) is 30.1 Å². The van der Waals surface area contributed by atoms with Crippen molar-refractivity contribution < 1.29 is 32.2 Å². The van der Waals surface area contributed by atoms with E-state index in [2.05, 4.69) is 20.0 Å². The zero-order valence-corrected chi connectivity index (χ0v) is 17.5. The summed E-state index contributed by atoms with van der Waals surface area (Å²) < 4.78 is 46.7. The number of amides is 2. The quantitative estimate of drug-likeness (QED) is 0.697. The second-order valence-corrected chi connectivity index (χ2v) is 7.87. The van der Waals surface area contributed by atoms with Crippen LogP contribution < -0.4 is 10.1 Å². The molecule has 2 amide bonds. The van der Waals surface area contributed by atoms with Gasteiger partial charge in [0.15, 0.2) is 6.61 Å². The lowest BCUT2D eigenvalue weighted by molar-refractivity contribution is -0.154. The van der Waals surface area contributed by atoms with E-state index in [1.807, 2.05) is 0 Å². The Morgan fingerprint density at radius 1 is 1.41 bits per heavy atom. The van der Waals surface area contributed by atoms with Crippen molar-refractivity contribution in [2.45, 2.75) is 31.7 Å². The van der Waals surface area contributed by atoms with E-state index in [1.165, 1.54) is 23.4 Å². The van der Waals surface area contributed by atoms with Crippen molar-refractivity contribution >= 4 is 23.4 Å². The van der Waals surface area contributed by atoms with Crippen molar-refractivity contribution in [2.75, 3.05) is 19.8 Å². The smallest absolute Gasteiger partial charge is 0.422 e. The highest BCUT2D eigenvalue weighted by atomic mass is 35.5. The maximum absolute atomic E-state index is 13.0. The van der Waals surface area contributed by atoms with Crippen molar-refractivity contribution in [3.63, 3.8) is 0 Å². The third-order valence-electron chi connectivity index (χ3n) is 5.21. The van der Waals surface area contributed by atoms with Gasteiger partial charge in [0.2, 0.25) is 5.88 Å². The molecule has 32 heavy (non-hydrogen) atoms. The molecule has 1 fully saturated rings. The molecule has 0 radical (unpaired) electrons. The number of halogens is 4. The van der Waals surface area contributed by atoms with Crippen LogP contribution in [0, 0.1) is 0 Å². The summed E-state index contributed by atoms with van der Waals surface area (Å²) in [5.74, 6) is -1.03. The molecule has 4 rings (SSSR count). The molecule has 0 bridgehead atoms. The fourth-order valence-corrected chi connectivity index (χ4v) is 3.67. The van der Waals surface area contributed by atoms with Crippen LogP contribution in [0.3, 0.4) is 0 Å². The normalized spacial score (nSPS) is 17.0. The SMILES string of the molecule is CC(c1cnc(OCC(F)(F)F)c(Cl)c1)N1Cc2c(ccnc2C(=O)NC2COC2)C1=O. The van der Waals surface area contributed by atoms with E-state index in [1.54, 1.807) is 13.0 Å². The number of rotatable bonds is 6. The van der Waals surface area contributed by atoms with Gasteiger partial charge in [-0.1, -0.05) is 11.6 Å². The van der Waals surface area contributed by atoms with E-state index in [0.717, 1.165) is 0 Å². The van der Waals surface area contributed by atoms with Gasteiger partial charge in [0.1, 0.15) is 10.7 Å². The molecule has 0 aliphatic carbocycles. The Balaban J connectivity index is 1.51. The molecule has 0 spiro atoms. The maximum atomic E-state index is 13.0. The molecule has 2 aromatic rings. The minimum absolute atomic E-state index is 0.0846. The van der Waals surface area contributed by atoms with Gasteiger partial charge in [-0.2, -0.15) is 13.2 Å². The number of nitrogens with one attached hydrogen (secondary N) is 1. The Morgan fingerprint density at radius 3 is 2.78 bits per heavy atom. The van der Waals surface area contributed by atoms with Gasteiger partial charge in [-0.05, 0) is 24.6 Å². The fourth-order valence-electron chi connectivity index (χ4n) is 3.44. The van der Waals surface area contributed by atoms with Crippen LogP contribution in [0.1, 0.15) is 44.9 Å². The molecule has 170 valence electrons. The zero-order valence-electron chi connectivity index (χ0n) is 16.8. The molecule has 0 aromatic carbocycles. The molecule has 8 nitrogen and oxygen atoms in total. The second kappa shape index (κ2) is 8.55. The molecule has 1 unspecified atom stereocenters. The lowest BCUT2D eigenvalue weighted by Crippen LogP contribution is -2.48. The Hall–Kier alpha value is -2.92. The fraction of sp³-hybridized carbons (Fsp3) is 0.400. The van der Waals surface area contributed by atoms with Gasteiger partial charge in [-0.3, -0.25) is 14.6 Å². The first-order valence-corrected chi connectivity index (χ1v) is 10.0. The first-order chi connectivity index (χ1) is 15.1. The molecular weight excluding hydrogens is 453 g/mol.